The number of benzene rings is 4. The van der Waals surface area contributed by atoms with Gasteiger partial charge in [0.25, 0.3) is 11.8 Å². The zero-order valence-corrected chi connectivity index (χ0v) is 20.8. The molecule has 2 N–H and O–H groups in total. The van der Waals surface area contributed by atoms with Crippen molar-refractivity contribution in [2.75, 3.05) is 14.1 Å². The zero-order chi connectivity index (χ0) is 26.0. The van der Waals surface area contributed by atoms with Crippen LogP contribution in [0.4, 0.5) is 0 Å². The van der Waals surface area contributed by atoms with Crippen LogP contribution in [0.5, 0.6) is 0 Å². The highest BCUT2D eigenvalue weighted by atomic mass is 16.2. The summed E-state index contributed by atoms with van der Waals surface area (Å²) in [4.78, 5) is 34.6. The van der Waals surface area contributed by atoms with Crippen molar-refractivity contribution in [1.29, 1.82) is 0 Å². The molecule has 1 atom stereocenters. The van der Waals surface area contributed by atoms with Crippen molar-refractivity contribution in [1.82, 2.24) is 9.80 Å². The van der Waals surface area contributed by atoms with Gasteiger partial charge in [-0.2, -0.15) is 0 Å². The molecule has 0 saturated carbocycles. The summed E-state index contributed by atoms with van der Waals surface area (Å²) in [5.41, 5.74) is 10.00. The third-order valence-electron chi connectivity index (χ3n) is 6.61. The molecular weight excluding hydrogens is 460 g/mol. The van der Waals surface area contributed by atoms with E-state index in [1.807, 2.05) is 97.1 Å². The minimum Gasteiger partial charge on any atom is -0.369 e. The number of hydrogen-bond acceptors (Lipinski definition) is 4. The number of amides is 2. The lowest BCUT2D eigenvalue weighted by molar-refractivity contribution is -0.130. The Morgan fingerprint density at radius 1 is 0.811 bits per heavy atom. The average molecular weight is 489 g/mol. The molecule has 184 valence electrons. The second kappa shape index (κ2) is 9.74. The number of carbonyl (C=O) groups is 2. The SMILES string of the molecule is CN(C)C(=O)c1cccc(CN2C(=O)[C@](c3ccccc3)(c3cccc(-c4ccccc4)c3)N=C2N)c1. The molecule has 1 heterocycles. The zero-order valence-electron chi connectivity index (χ0n) is 20.8. The predicted octanol–water partition coefficient (Wildman–Crippen LogP) is 4.66. The fraction of sp³-hybridized carbons (Fsp3) is 0.129. The molecule has 0 bridgehead atoms. The molecule has 0 aromatic heterocycles. The first kappa shape index (κ1) is 24.0. The first-order chi connectivity index (χ1) is 17.9. The molecule has 4 aromatic carbocycles. The Bertz CT molecular complexity index is 1480. The molecule has 37 heavy (non-hydrogen) atoms. The smallest absolute Gasteiger partial charge is 0.266 e. The highest BCUT2D eigenvalue weighted by Crippen LogP contribution is 2.41. The van der Waals surface area contributed by atoms with Crippen molar-refractivity contribution in [3.63, 3.8) is 0 Å². The summed E-state index contributed by atoms with van der Waals surface area (Å²) in [7, 11) is 3.42. The quantitative estimate of drug-likeness (QED) is 0.429. The maximum atomic E-state index is 14.3. The number of nitrogens with two attached hydrogens (primary N) is 1. The van der Waals surface area contributed by atoms with Crippen LogP contribution in [-0.4, -0.2) is 41.7 Å². The first-order valence-corrected chi connectivity index (χ1v) is 12.1. The number of hydrogen-bond donors (Lipinski definition) is 1. The van der Waals surface area contributed by atoms with Gasteiger partial charge in [0, 0.05) is 19.7 Å². The van der Waals surface area contributed by atoms with E-state index in [-0.39, 0.29) is 24.3 Å². The largest absolute Gasteiger partial charge is 0.369 e. The molecule has 0 fully saturated rings. The van der Waals surface area contributed by atoms with Crippen LogP contribution in [0, 0.1) is 0 Å². The second-order valence-corrected chi connectivity index (χ2v) is 9.28. The molecule has 0 spiro atoms. The van der Waals surface area contributed by atoms with Crippen molar-refractivity contribution in [2.24, 2.45) is 10.7 Å². The van der Waals surface area contributed by atoms with Gasteiger partial charge < -0.3 is 10.6 Å². The molecule has 6 nitrogen and oxygen atoms in total. The lowest BCUT2D eigenvalue weighted by Gasteiger charge is -2.27. The number of rotatable bonds is 6. The first-order valence-electron chi connectivity index (χ1n) is 12.1. The normalized spacial score (nSPS) is 17.0. The van der Waals surface area contributed by atoms with E-state index in [1.54, 1.807) is 26.2 Å². The molecule has 4 aromatic rings. The summed E-state index contributed by atoms with van der Waals surface area (Å²) in [5.74, 6) is -0.193. The Hall–Kier alpha value is -4.71. The molecule has 0 radical (unpaired) electrons. The van der Waals surface area contributed by atoms with Gasteiger partial charge >= 0.3 is 0 Å². The van der Waals surface area contributed by atoms with Gasteiger partial charge in [-0.1, -0.05) is 91.0 Å². The predicted molar refractivity (Wildman–Crippen MR) is 146 cm³/mol. The molecular formula is C31H28N4O2. The van der Waals surface area contributed by atoms with E-state index in [0.29, 0.717) is 5.56 Å². The summed E-state index contributed by atoms with van der Waals surface area (Å²) in [5, 5.41) is 0. The van der Waals surface area contributed by atoms with E-state index >= 15 is 0 Å². The standard InChI is InChI=1S/C31H28N4O2/c1-34(2)28(36)25-15-9-11-22(19-25)21-35-29(37)31(33-30(35)32,26-16-7-4-8-17-26)27-18-10-14-24(20-27)23-12-5-3-6-13-23/h3-20H,21H2,1-2H3,(H2,32,33)/t31-/m0/s1. The Morgan fingerprint density at radius 3 is 2.14 bits per heavy atom. The van der Waals surface area contributed by atoms with Gasteiger partial charge in [0.2, 0.25) is 0 Å². The topological polar surface area (TPSA) is 79.0 Å². The number of aliphatic imine (C=N–C) groups is 1. The molecule has 0 unspecified atom stereocenters. The van der Waals surface area contributed by atoms with E-state index in [9.17, 15) is 9.59 Å². The van der Waals surface area contributed by atoms with Gasteiger partial charge in [-0.05, 0) is 46.0 Å². The van der Waals surface area contributed by atoms with Crippen molar-refractivity contribution >= 4 is 17.8 Å². The summed E-state index contributed by atoms with van der Waals surface area (Å²) in [6.45, 7) is 0.204. The lowest BCUT2D eigenvalue weighted by Crippen LogP contribution is -2.43. The van der Waals surface area contributed by atoms with Crippen LogP contribution in [-0.2, 0) is 16.9 Å². The summed E-state index contributed by atoms with van der Waals surface area (Å²) < 4.78 is 0. The fourth-order valence-corrected chi connectivity index (χ4v) is 4.75. The molecule has 0 aliphatic carbocycles. The number of nitrogens with zero attached hydrogens (tertiary/aromatic N) is 3. The van der Waals surface area contributed by atoms with Gasteiger partial charge in [-0.25, -0.2) is 4.99 Å². The van der Waals surface area contributed by atoms with E-state index < -0.39 is 5.54 Å². The van der Waals surface area contributed by atoms with Gasteiger partial charge in [-0.15, -0.1) is 0 Å². The van der Waals surface area contributed by atoms with Crippen molar-refractivity contribution in [3.8, 4) is 11.1 Å². The van der Waals surface area contributed by atoms with E-state index in [4.69, 9.17) is 10.7 Å². The Kier molecular flexibility index (Phi) is 6.32. The monoisotopic (exact) mass is 488 g/mol. The Morgan fingerprint density at radius 2 is 1.43 bits per heavy atom. The Labute approximate surface area is 216 Å². The fourth-order valence-electron chi connectivity index (χ4n) is 4.75. The van der Waals surface area contributed by atoms with Gasteiger partial charge in [0.05, 0.1) is 6.54 Å². The van der Waals surface area contributed by atoms with Crippen molar-refractivity contribution in [3.05, 3.63) is 131 Å². The van der Waals surface area contributed by atoms with Crippen LogP contribution in [0.1, 0.15) is 27.0 Å². The van der Waals surface area contributed by atoms with Crippen molar-refractivity contribution in [2.45, 2.75) is 12.1 Å². The highest BCUT2D eigenvalue weighted by molar-refractivity contribution is 6.09. The summed E-state index contributed by atoms with van der Waals surface area (Å²) >= 11 is 0. The van der Waals surface area contributed by atoms with Crippen LogP contribution >= 0.6 is 0 Å². The van der Waals surface area contributed by atoms with Crippen LogP contribution in [0.3, 0.4) is 0 Å². The van der Waals surface area contributed by atoms with Crippen LogP contribution in [0.25, 0.3) is 11.1 Å². The molecule has 6 heteroatoms. The van der Waals surface area contributed by atoms with Gasteiger partial charge in [0.1, 0.15) is 0 Å². The van der Waals surface area contributed by atoms with Crippen LogP contribution in [0.2, 0.25) is 0 Å². The van der Waals surface area contributed by atoms with E-state index in [0.717, 1.165) is 27.8 Å². The number of carbonyl (C=O) groups excluding carboxylic acids is 2. The van der Waals surface area contributed by atoms with Crippen molar-refractivity contribution < 1.29 is 9.59 Å². The average Bonchev–Trinajstić information content (AvgIpc) is 3.19. The van der Waals surface area contributed by atoms with Gasteiger partial charge in [-0.3, -0.25) is 14.5 Å². The molecule has 5 rings (SSSR count). The molecule has 2 amide bonds. The van der Waals surface area contributed by atoms with E-state index in [1.165, 1.54) is 9.80 Å². The third-order valence-corrected chi connectivity index (χ3v) is 6.61. The summed E-state index contributed by atoms with van der Waals surface area (Å²) in [6.07, 6.45) is 0. The molecule has 1 aliphatic rings. The Balaban J connectivity index is 1.57. The summed E-state index contributed by atoms with van der Waals surface area (Å²) in [6, 6.07) is 34.7. The lowest BCUT2D eigenvalue weighted by atomic mass is 9.81. The second-order valence-electron chi connectivity index (χ2n) is 9.28. The van der Waals surface area contributed by atoms with Gasteiger partial charge in [0.15, 0.2) is 11.5 Å². The van der Waals surface area contributed by atoms with E-state index in [2.05, 4.69) is 0 Å². The minimum atomic E-state index is -1.31. The highest BCUT2D eigenvalue weighted by Gasteiger charge is 2.50. The molecule has 0 saturated heterocycles. The minimum absolute atomic E-state index is 0.104. The van der Waals surface area contributed by atoms with Crippen LogP contribution < -0.4 is 5.73 Å². The third kappa shape index (κ3) is 4.38. The molecule has 1 aliphatic heterocycles. The number of guanidine groups is 1. The maximum absolute atomic E-state index is 14.3. The van der Waals surface area contributed by atoms with Crippen LogP contribution in [0.15, 0.2) is 114 Å². The maximum Gasteiger partial charge on any atom is 0.266 e.